The number of ether oxygens (including phenoxy) is 1. The maximum atomic E-state index is 12.6. The number of rotatable bonds is 8. The number of carbonyl (C=O) groups excluding carboxylic acids is 2. The van der Waals surface area contributed by atoms with Crippen LogP contribution >= 0.6 is 23.1 Å². The number of amides is 1. The first-order chi connectivity index (χ1) is 14.5. The number of methoxy groups -OCH3 is 1. The van der Waals surface area contributed by atoms with E-state index in [9.17, 15) is 9.59 Å². The summed E-state index contributed by atoms with van der Waals surface area (Å²) in [5.74, 6) is 0.369. The van der Waals surface area contributed by atoms with Crippen LogP contribution in [0.15, 0.2) is 34.8 Å². The number of aromatic nitrogens is 3. The van der Waals surface area contributed by atoms with Crippen molar-refractivity contribution in [2.45, 2.75) is 38.9 Å². The van der Waals surface area contributed by atoms with Gasteiger partial charge in [0.2, 0.25) is 5.91 Å². The lowest BCUT2D eigenvalue weighted by molar-refractivity contribution is -0.113. The van der Waals surface area contributed by atoms with Gasteiger partial charge in [0.25, 0.3) is 0 Å². The van der Waals surface area contributed by atoms with Gasteiger partial charge in [-0.2, -0.15) is 0 Å². The number of hydrogen-bond acceptors (Lipinski definition) is 7. The van der Waals surface area contributed by atoms with Gasteiger partial charge in [-0.25, -0.2) is 4.79 Å². The van der Waals surface area contributed by atoms with Crippen molar-refractivity contribution in [3.63, 3.8) is 0 Å². The zero-order chi connectivity index (χ0) is 21.7. The van der Waals surface area contributed by atoms with Gasteiger partial charge in [-0.3, -0.25) is 4.79 Å². The molecule has 30 heavy (non-hydrogen) atoms. The van der Waals surface area contributed by atoms with E-state index in [1.54, 1.807) is 0 Å². The van der Waals surface area contributed by atoms with Gasteiger partial charge in [0, 0.05) is 23.9 Å². The average Bonchev–Trinajstić information content (AvgIpc) is 3.35. The first kappa shape index (κ1) is 22.0. The molecule has 1 N–H and O–H groups in total. The summed E-state index contributed by atoms with van der Waals surface area (Å²) in [6.45, 7) is 6.80. The largest absolute Gasteiger partial charge is 0.465 e. The molecule has 0 saturated carbocycles. The van der Waals surface area contributed by atoms with Gasteiger partial charge in [-0.05, 0) is 19.4 Å². The van der Waals surface area contributed by atoms with E-state index in [2.05, 4.69) is 15.5 Å². The van der Waals surface area contributed by atoms with E-state index in [-0.39, 0.29) is 11.7 Å². The molecular formula is C21H24N4O3S2. The number of hydrogen-bond donors (Lipinski definition) is 1. The molecule has 0 bridgehead atoms. The monoisotopic (exact) mass is 444 g/mol. The summed E-state index contributed by atoms with van der Waals surface area (Å²) in [4.78, 5) is 25.0. The second kappa shape index (κ2) is 9.90. The van der Waals surface area contributed by atoms with Crippen LogP contribution in [0.1, 0.15) is 35.6 Å². The van der Waals surface area contributed by atoms with E-state index >= 15 is 0 Å². The molecule has 1 amide bonds. The Bertz CT molecular complexity index is 1040. The lowest BCUT2D eigenvalue weighted by atomic mass is 10.0. The molecule has 0 fully saturated rings. The Hall–Kier alpha value is -2.65. The minimum absolute atomic E-state index is 0.167. The molecule has 0 unspecified atom stereocenters. The molecule has 0 aliphatic rings. The third-order valence-electron chi connectivity index (χ3n) is 4.55. The van der Waals surface area contributed by atoms with Gasteiger partial charge in [-0.1, -0.05) is 48.5 Å². The SMILES string of the molecule is CCc1nnc(SCC(=O)Nc2scc(-c3ccc(C)cc3)c2C(=O)OC)n1CC. The van der Waals surface area contributed by atoms with Crippen molar-refractivity contribution in [3.05, 3.63) is 46.6 Å². The van der Waals surface area contributed by atoms with E-state index in [1.807, 2.05) is 55.0 Å². The molecular weight excluding hydrogens is 420 g/mol. The minimum Gasteiger partial charge on any atom is -0.465 e. The fraction of sp³-hybridized carbons (Fsp3) is 0.333. The molecule has 2 aromatic heterocycles. The minimum atomic E-state index is -0.479. The summed E-state index contributed by atoms with van der Waals surface area (Å²) in [5.41, 5.74) is 3.14. The summed E-state index contributed by atoms with van der Waals surface area (Å²) in [5, 5.41) is 14.2. The Morgan fingerprint density at radius 2 is 1.93 bits per heavy atom. The smallest absolute Gasteiger partial charge is 0.341 e. The Balaban J connectivity index is 1.77. The summed E-state index contributed by atoms with van der Waals surface area (Å²) in [6.07, 6.45) is 0.785. The molecule has 2 heterocycles. The third kappa shape index (κ3) is 4.73. The van der Waals surface area contributed by atoms with Gasteiger partial charge >= 0.3 is 5.97 Å². The number of nitrogens with one attached hydrogen (secondary N) is 1. The second-order valence-corrected chi connectivity index (χ2v) is 8.37. The first-order valence-corrected chi connectivity index (χ1v) is 11.5. The topological polar surface area (TPSA) is 86.1 Å². The third-order valence-corrected chi connectivity index (χ3v) is 6.42. The summed E-state index contributed by atoms with van der Waals surface area (Å²) in [7, 11) is 1.34. The lowest BCUT2D eigenvalue weighted by Crippen LogP contribution is -2.16. The number of benzene rings is 1. The normalized spacial score (nSPS) is 10.8. The average molecular weight is 445 g/mol. The predicted molar refractivity (Wildman–Crippen MR) is 120 cm³/mol. The molecule has 0 atom stereocenters. The van der Waals surface area contributed by atoms with Gasteiger partial charge in [-0.15, -0.1) is 21.5 Å². The maximum Gasteiger partial charge on any atom is 0.341 e. The van der Waals surface area contributed by atoms with Crippen LogP contribution in [0.4, 0.5) is 5.00 Å². The fourth-order valence-corrected chi connectivity index (χ4v) is 4.79. The number of anilines is 1. The summed E-state index contributed by atoms with van der Waals surface area (Å²) in [6, 6.07) is 7.87. The van der Waals surface area contributed by atoms with Crippen LogP contribution in [0.3, 0.4) is 0 Å². The van der Waals surface area contributed by atoms with E-state index in [1.165, 1.54) is 30.2 Å². The zero-order valence-electron chi connectivity index (χ0n) is 17.4. The summed E-state index contributed by atoms with van der Waals surface area (Å²) >= 11 is 2.63. The van der Waals surface area contributed by atoms with Gasteiger partial charge in [0.15, 0.2) is 5.16 Å². The van der Waals surface area contributed by atoms with Crippen molar-refractivity contribution in [1.82, 2.24) is 14.8 Å². The Labute approximate surface area is 183 Å². The maximum absolute atomic E-state index is 12.6. The molecule has 0 spiro atoms. The van der Waals surface area contributed by atoms with Crippen molar-refractivity contribution < 1.29 is 14.3 Å². The van der Waals surface area contributed by atoms with Gasteiger partial charge in [0.05, 0.1) is 12.9 Å². The molecule has 0 aliphatic heterocycles. The van der Waals surface area contributed by atoms with E-state index in [0.29, 0.717) is 15.7 Å². The first-order valence-electron chi connectivity index (χ1n) is 9.60. The highest BCUT2D eigenvalue weighted by molar-refractivity contribution is 7.99. The molecule has 7 nitrogen and oxygen atoms in total. The Morgan fingerprint density at radius 1 is 1.20 bits per heavy atom. The van der Waals surface area contributed by atoms with Crippen LogP contribution in [0.25, 0.3) is 11.1 Å². The fourth-order valence-electron chi connectivity index (χ4n) is 3.00. The van der Waals surface area contributed by atoms with Crippen LogP contribution in [-0.4, -0.2) is 39.5 Å². The number of nitrogens with zero attached hydrogens (tertiary/aromatic N) is 3. The van der Waals surface area contributed by atoms with Crippen molar-refractivity contribution in [1.29, 1.82) is 0 Å². The summed E-state index contributed by atoms with van der Waals surface area (Å²) < 4.78 is 6.97. The van der Waals surface area contributed by atoms with E-state index in [0.717, 1.165) is 35.5 Å². The van der Waals surface area contributed by atoms with Gasteiger partial charge in [0.1, 0.15) is 16.4 Å². The number of thioether (sulfide) groups is 1. The molecule has 1 aromatic carbocycles. The highest BCUT2D eigenvalue weighted by Gasteiger charge is 2.22. The Kier molecular flexibility index (Phi) is 7.28. The molecule has 158 valence electrons. The van der Waals surface area contributed by atoms with Crippen LogP contribution in [0.2, 0.25) is 0 Å². The van der Waals surface area contributed by atoms with E-state index < -0.39 is 5.97 Å². The van der Waals surface area contributed by atoms with Crippen LogP contribution in [-0.2, 0) is 22.5 Å². The zero-order valence-corrected chi connectivity index (χ0v) is 19.0. The molecule has 3 rings (SSSR count). The molecule has 0 saturated heterocycles. The van der Waals surface area contributed by atoms with Crippen molar-refractivity contribution in [2.75, 3.05) is 18.2 Å². The highest BCUT2D eigenvalue weighted by atomic mass is 32.2. The van der Waals surface area contributed by atoms with E-state index in [4.69, 9.17) is 4.74 Å². The molecule has 0 aliphatic carbocycles. The van der Waals surface area contributed by atoms with Crippen molar-refractivity contribution >= 4 is 40.0 Å². The number of thiophene rings is 1. The molecule has 3 aromatic rings. The lowest BCUT2D eigenvalue weighted by Gasteiger charge is -2.08. The second-order valence-electron chi connectivity index (χ2n) is 6.54. The number of aryl methyl sites for hydroxylation is 2. The number of esters is 1. The predicted octanol–water partition coefficient (Wildman–Crippen LogP) is 4.41. The highest BCUT2D eigenvalue weighted by Crippen LogP contribution is 2.36. The van der Waals surface area contributed by atoms with Gasteiger partial charge < -0.3 is 14.6 Å². The van der Waals surface area contributed by atoms with Crippen LogP contribution < -0.4 is 5.32 Å². The quantitative estimate of drug-likeness (QED) is 0.409. The van der Waals surface area contributed by atoms with Crippen LogP contribution in [0.5, 0.6) is 0 Å². The standard InChI is InChI=1S/C21H24N4O3S2/c1-5-16-23-24-21(25(16)6-2)30-12-17(26)22-19-18(20(27)28-4)15(11-29-19)14-9-7-13(3)8-10-14/h7-11H,5-6,12H2,1-4H3,(H,22,26). The van der Waals surface area contributed by atoms with Crippen molar-refractivity contribution in [3.8, 4) is 11.1 Å². The Morgan fingerprint density at radius 3 is 2.57 bits per heavy atom. The van der Waals surface area contributed by atoms with Crippen molar-refractivity contribution in [2.24, 2.45) is 0 Å². The molecule has 0 radical (unpaired) electrons. The number of carbonyl (C=O) groups is 2. The molecule has 9 heteroatoms. The van der Waals surface area contributed by atoms with Crippen LogP contribution in [0, 0.1) is 6.92 Å².